The first-order valence-electron chi connectivity index (χ1n) is 5.60. The molecule has 0 aliphatic heterocycles. The zero-order valence-corrected chi connectivity index (χ0v) is 11.3. The van der Waals surface area contributed by atoms with Crippen LogP contribution < -0.4 is 9.47 Å². The van der Waals surface area contributed by atoms with Gasteiger partial charge >= 0.3 is 0 Å². The maximum atomic E-state index is 8.74. The smallest absolute Gasteiger partial charge is 0.136 e. The summed E-state index contributed by atoms with van der Waals surface area (Å²) < 4.78 is 11.0. The average Bonchev–Trinajstić information content (AvgIpc) is 2.33. The third kappa shape index (κ3) is 3.57. The maximum Gasteiger partial charge on any atom is 0.136 e. The molecular formula is C13H17NO2S. The van der Waals surface area contributed by atoms with Gasteiger partial charge in [0.15, 0.2) is 0 Å². The van der Waals surface area contributed by atoms with Gasteiger partial charge in [0.1, 0.15) is 11.5 Å². The largest absolute Gasteiger partial charge is 0.495 e. The van der Waals surface area contributed by atoms with Crippen molar-refractivity contribution in [2.75, 3.05) is 19.5 Å². The molecule has 0 atom stereocenters. The molecule has 0 unspecified atom stereocenters. The summed E-state index contributed by atoms with van der Waals surface area (Å²) in [7, 11) is 1.64. The molecule has 1 aromatic rings. The molecule has 4 heteroatoms. The van der Waals surface area contributed by atoms with Crippen LogP contribution >= 0.6 is 11.8 Å². The van der Waals surface area contributed by atoms with Crippen LogP contribution in [0.5, 0.6) is 11.5 Å². The lowest BCUT2D eigenvalue weighted by Crippen LogP contribution is -1.98. The highest BCUT2D eigenvalue weighted by Crippen LogP contribution is 2.39. The zero-order chi connectivity index (χ0) is 12.7. The predicted octanol–water partition coefficient (Wildman–Crippen LogP) is 3.27. The molecule has 0 aliphatic carbocycles. The summed E-state index contributed by atoms with van der Waals surface area (Å²) >= 11 is 1.69. The van der Waals surface area contributed by atoms with Crippen LogP contribution in [-0.4, -0.2) is 19.5 Å². The molecule has 0 fully saturated rings. The van der Waals surface area contributed by atoms with Gasteiger partial charge in [-0.25, -0.2) is 0 Å². The normalized spacial score (nSPS) is 9.76. The Balaban J connectivity index is 3.19. The molecule has 3 nitrogen and oxygen atoms in total. The Kier molecular flexibility index (Phi) is 5.71. The van der Waals surface area contributed by atoms with E-state index in [9.17, 15) is 0 Å². The standard InChI is InChI=1S/C13H17NO2S/c1-4-16-12-9-10(6-7-14)8-11(15-3)13(12)17-5-2/h8-9H,4-6H2,1-3H3. The third-order valence-corrected chi connectivity index (χ3v) is 3.15. The third-order valence-electron chi connectivity index (χ3n) is 2.17. The molecule has 0 spiro atoms. The summed E-state index contributed by atoms with van der Waals surface area (Å²) in [4.78, 5) is 1.01. The predicted molar refractivity (Wildman–Crippen MR) is 69.9 cm³/mol. The summed E-state index contributed by atoms with van der Waals surface area (Å²) in [6.45, 7) is 4.64. The number of ether oxygens (including phenoxy) is 2. The lowest BCUT2D eigenvalue weighted by atomic mass is 10.1. The van der Waals surface area contributed by atoms with E-state index in [0.29, 0.717) is 13.0 Å². The second-order valence-electron chi connectivity index (χ2n) is 3.33. The Morgan fingerprint density at radius 1 is 1.29 bits per heavy atom. The summed E-state index contributed by atoms with van der Waals surface area (Å²) in [6.07, 6.45) is 0.369. The van der Waals surface area contributed by atoms with Gasteiger partial charge in [0.2, 0.25) is 0 Å². The van der Waals surface area contributed by atoms with Crippen LogP contribution in [0, 0.1) is 11.3 Å². The number of nitrogens with zero attached hydrogens (tertiary/aromatic N) is 1. The van der Waals surface area contributed by atoms with Crippen molar-refractivity contribution >= 4 is 11.8 Å². The summed E-state index contributed by atoms with van der Waals surface area (Å²) in [5, 5.41) is 8.74. The van der Waals surface area contributed by atoms with Crippen LogP contribution in [0.4, 0.5) is 0 Å². The van der Waals surface area contributed by atoms with Gasteiger partial charge in [0.25, 0.3) is 0 Å². The fourth-order valence-electron chi connectivity index (χ4n) is 1.53. The molecule has 0 bridgehead atoms. The first kappa shape index (κ1) is 13.7. The van der Waals surface area contributed by atoms with E-state index in [0.717, 1.165) is 27.7 Å². The SMILES string of the molecule is CCOc1cc(CC#N)cc(OC)c1SCC. The molecule has 1 aromatic carbocycles. The van der Waals surface area contributed by atoms with Crippen molar-refractivity contribution in [1.29, 1.82) is 5.26 Å². The van der Waals surface area contributed by atoms with Crippen LogP contribution in [-0.2, 0) is 6.42 Å². The number of thioether (sulfide) groups is 1. The fourth-order valence-corrected chi connectivity index (χ4v) is 2.36. The Morgan fingerprint density at radius 2 is 2.00 bits per heavy atom. The van der Waals surface area contributed by atoms with Crippen molar-refractivity contribution < 1.29 is 9.47 Å². The Hall–Kier alpha value is -1.34. The van der Waals surface area contributed by atoms with E-state index in [1.807, 2.05) is 19.1 Å². The van der Waals surface area contributed by atoms with Gasteiger partial charge in [-0.1, -0.05) is 6.92 Å². The first-order chi connectivity index (χ1) is 8.26. The van der Waals surface area contributed by atoms with Crippen LogP contribution in [0.3, 0.4) is 0 Å². The van der Waals surface area contributed by atoms with Crippen molar-refractivity contribution in [3.05, 3.63) is 17.7 Å². The molecule has 0 N–H and O–H groups in total. The van der Waals surface area contributed by atoms with E-state index >= 15 is 0 Å². The monoisotopic (exact) mass is 251 g/mol. The van der Waals surface area contributed by atoms with Gasteiger partial charge < -0.3 is 9.47 Å². The molecule has 0 saturated carbocycles. The molecule has 0 radical (unpaired) electrons. The van der Waals surface area contributed by atoms with Crippen LogP contribution in [0.25, 0.3) is 0 Å². The van der Waals surface area contributed by atoms with E-state index in [1.165, 1.54) is 0 Å². The molecular weight excluding hydrogens is 234 g/mol. The van der Waals surface area contributed by atoms with Crippen LogP contribution in [0.2, 0.25) is 0 Å². The van der Waals surface area contributed by atoms with Crippen molar-refractivity contribution in [3.63, 3.8) is 0 Å². The van der Waals surface area contributed by atoms with Crippen molar-refractivity contribution in [2.45, 2.75) is 25.2 Å². The lowest BCUT2D eigenvalue weighted by molar-refractivity contribution is 0.324. The van der Waals surface area contributed by atoms with Gasteiger partial charge in [-0.2, -0.15) is 5.26 Å². The Morgan fingerprint density at radius 3 is 2.53 bits per heavy atom. The number of benzene rings is 1. The highest BCUT2D eigenvalue weighted by Gasteiger charge is 2.12. The highest BCUT2D eigenvalue weighted by atomic mass is 32.2. The van der Waals surface area contributed by atoms with Crippen molar-refractivity contribution in [1.82, 2.24) is 0 Å². The number of hydrogen-bond acceptors (Lipinski definition) is 4. The van der Waals surface area contributed by atoms with Crippen molar-refractivity contribution in [2.24, 2.45) is 0 Å². The van der Waals surface area contributed by atoms with E-state index in [4.69, 9.17) is 14.7 Å². The van der Waals surface area contributed by atoms with E-state index in [1.54, 1.807) is 18.9 Å². The lowest BCUT2D eigenvalue weighted by Gasteiger charge is -2.14. The minimum Gasteiger partial charge on any atom is -0.495 e. The molecule has 0 heterocycles. The summed E-state index contributed by atoms with van der Waals surface area (Å²) in [5.74, 6) is 2.55. The van der Waals surface area contributed by atoms with Crippen LogP contribution in [0.1, 0.15) is 19.4 Å². The Bertz CT molecular complexity index is 413. The number of hydrogen-bond donors (Lipinski definition) is 0. The zero-order valence-electron chi connectivity index (χ0n) is 10.4. The quantitative estimate of drug-likeness (QED) is 0.728. The van der Waals surface area contributed by atoms with Gasteiger partial charge in [-0.3, -0.25) is 0 Å². The number of nitriles is 1. The fraction of sp³-hybridized carbons (Fsp3) is 0.462. The summed E-state index contributed by atoms with van der Waals surface area (Å²) in [5.41, 5.74) is 0.924. The van der Waals surface area contributed by atoms with Gasteiger partial charge in [0, 0.05) is 0 Å². The molecule has 92 valence electrons. The minimum absolute atomic E-state index is 0.369. The van der Waals surface area contributed by atoms with E-state index in [2.05, 4.69) is 13.0 Å². The first-order valence-corrected chi connectivity index (χ1v) is 6.58. The van der Waals surface area contributed by atoms with Gasteiger partial charge in [0.05, 0.1) is 31.1 Å². The highest BCUT2D eigenvalue weighted by molar-refractivity contribution is 7.99. The second kappa shape index (κ2) is 7.08. The van der Waals surface area contributed by atoms with E-state index in [-0.39, 0.29) is 0 Å². The molecule has 0 amide bonds. The molecule has 0 aliphatic rings. The van der Waals surface area contributed by atoms with Gasteiger partial charge in [-0.15, -0.1) is 11.8 Å². The second-order valence-corrected chi connectivity index (χ2v) is 4.60. The Labute approximate surface area is 107 Å². The van der Waals surface area contributed by atoms with Crippen molar-refractivity contribution in [3.8, 4) is 17.6 Å². The number of rotatable bonds is 6. The molecule has 0 saturated heterocycles. The average molecular weight is 251 g/mol. The molecule has 0 aromatic heterocycles. The molecule has 17 heavy (non-hydrogen) atoms. The molecule has 1 rings (SSSR count). The minimum atomic E-state index is 0.369. The van der Waals surface area contributed by atoms with Crippen LogP contribution in [0.15, 0.2) is 17.0 Å². The van der Waals surface area contributed by atoms with Gasteiger partial charge in [-0.05, 0) is 30.4 Å². The van der Waals surface area contributed by atoms with E-state index < -0.39 is 0 Å². The maximum absolute atomic E-state index is 8.74. The topological polar surface area (TPSA) is 42.2 Å². The summed E-state index contributed by atoms with van der Waals surface area (Å²) in [6, 6.07) is 5.97. The number of methoxy groups -OCH3 is 1.